The van der Waals surface area contributed by atoms with Gasteiger partial charge in [0.15, 0.2) is 0 Å². The average Bonchev–Trinajstić information content (AvgIpc) is 2.62. The molecule has 0 spiro atoms. The summed E-state index contributed by atoms with van der Waals surface area (Å²) in [5.74, 6) is -3.31. The number of nitrogens with zero attached hydrogens (tertiary/aromatic N) is 1. The minimum atomic E-state index is -1.13. The fraction of sp³-hybridized carbons (Fsp3) is 0.111. The van der Waals surface area contributed by atoms with Crippen LogP contribution in [0.1, 0.15) is 22.8 Å². The Hall–Kier alpha value is -2.04. The van der Waals surface area contributed by atoms with Crippen molar-refractivity contribution in [1.82, 2.24) is 0 Å². The molecule has 0 saturated heterocycles. The summed E-state index contributed by atoms with van der Waals surface area (Å²) >= 11 is 0. The molecule has 0 fully saturated rings. The summed E-state index contributed by atoms with van der Waals surface area (Å²) in [5, 5.41) is 23.2. The van der Waals surface area contributed by atoms with Crippen LogP contribution < -0.4 is 61.2 Å². The molecule has 0 heterocycles. The quantitative estimate of drug-likeness (QED) is 0.118. The van der Waals surface area contributed by atoms with Crippen LogP contribution in [0.3, 0.4) is 0 Å². The fourth-order valence-electron chi connectivity index (χ4n) is 2.07. The van der Waals surface area contributed by atoms with Gasteiger partial charge in [-0.3, -0.25) is 10.1 Å². The van der Waals surface area contributed by atoms with Crippen molar-refractivity contribution in [2.45, 2.75) is 6.92 Å². The molecule has 0 atom stereocenters. The predicted octanol–water partition coefficient (Wildman–Crippen LogP) is -0.918. The molecule has 134 valence electrons. The van der Waals surface area contributed by atoms with Gasteiger partial charge in [-0.1, -0.05) is 24.3 Å². The van der Waals surface area contributed by atoms with Crippen molar-refractivity contribution in [3.63, 3.8) is 0 Å². The summed E-state index contributed by atoms with van der Waals surface area (Å²) in [6.45, 7) is 1.52. The first kappa shape index (κ1) is 23.0. The molecule has 2 aromatic carbocycles. The smallest absolute Gasteiger partial charge is 0.868 e. The monoisotopic (exact) mass is 395 g/mol. The molecule has 27 heavy (non-hydrogen) atoms. The van der Waals surface area contributed by atoms with Gasteiger partial charge in [-0.25, -0.2) is 9.59 Å². The van der Waals surface area contributed by atoms with Crippen LogP contribution in [0.15, 0.2) is 54.3 Å². The van der Waals surface area contributed by atoms with E-state index in [0.717, 1.165) is 6.08 Å². The molecular weight excluding hydrogens is 381 g/mol. The number of para-hydroxylation sites is 1. The number of benzene rings is 2. The summed E-state index contributed by atoms with van der Waals surface area (Å²) in [5.41, 5.74) is -0.570. The number of hydrogen-bond acceptors (Lipinski definition) is 7. The van der Waals surface area contributed by atoms with Crippen molar-refractivity contribution in [2.24, 2.45) is 0 Å². The summed E-state index contributed by atoms with van der Waals surface area (Å²) < 4.78 is 9.65. The van der Waals surface area contributed by atoms with Gasteiger partial charge < -0.3 is 14.6 Å². The van der Waals surface area contributed by atoms with Gasteiger partial charge in [0.1, 0.15) is 0 Å². The fourth-order valence-corrected chi connectivity index (χ4v) is 2.07. The van der Waals surface area contributed by atoms with E-state index in [1.165, 1.54) is 37.3 Å². The first-order chi connectivity index (χ1) is 12.4. The Kier molecular flexibility index (Phi) is 9.33. The van der Waals surface area contributed by atoms with E-state index in [1.54, 1.807) is 18.2 Å². The van der Waals surface area contributed by atoms with Gasteiger partial charge in [-0.05, 0) is 43.0 Å². The number of ether oxygens (including phenoxy) is 2. The van der Waals surface area contributed by atoms with Crippen molar-refractivity contribution in [3.05, 3.63) is 75.5 Å². The van der Waals surface area contributed by atoms with Crippen LogP contribution in [0.25, 0.3) is 6.08 Å². The molecule has 0 aliphatic carbocycles. The van der Waals surface area contributed by atoms with Crippen LogP contribution in [0.4, 0.5) is 5.69 Å². The topological polar surface area (TPSA) is 119 Å². The maximum absolute atomic E-state index is 12.1. The molecule has 0 aliphatic heterocycles. The molecule has 0 N–H and O–H groups in total. The van der Waals surface area contributed by atoms with Gasteiger partial charge in [-0.2, -0.15) is 0 Å². The Balaban J connectivity index is 0.00000364. The van der Waals surface area contributed by atoms with Gasteiger partial charge in [0.2, 0.25) is 5.75 Å². The van der Waals surface area contributed by atoms with Crippen LogP contribution in [0, 0.1) is 10.1 Å². The second-order valence-electron chi connectivity index (χ2n) is 4.94. The van der Waals surface area contributed by atoms with Crippen molar-refractivity contribution < 1.29 is 80.5 Å². The van der Waals surface area contributed by atoms with Gasteiger partial charge in [0.25, 0.3) is 0 Å². The Morgan fingerprint density at radius 3 is 2.37 bits per heavy atom. The minimum absolute atomic E-state index is 0. The summed E-state index contributed by atoms with van der Waals surface area (Å²) in [7, 11) is 0. The molecule has 0 aliphatic rings. The van der Waals surface area contributed by atoms with Crippen LogP contribution in [0.5, 0.6) is 5.75 Å². The molecule has 0 aromatic heterocycles. The Morgan fingerprint density at radius 2 is 1.78 bits per heavy atom. The number of nitro groups is 1. The van der Waals surface area contributed by atoms with Crippen molar-refractivity contribution in [3.8, 4) is 5.75 Å². The molecule has 0 unspecified atom stereocenters. The van der Waals surface area contributed by atoms with E-state index >= 15 is 0 Å². The number of esters is 2. The first-order valence-electron chi connectivity index (χ1n) is 7.54. The number of carbonyl (C=O) groups is 2. The number of rotatable bonds is 6. The van der Waals surface area contributed by atoms with Gasteiger partial charge in [0, 0.05) is 0 Å². The SMILES string of the molecule is CCOC(=O)/C([O-])=C/c1cccc(OC(=O)c2ccccc2)c1[N+](=O)[O-].[K+]. The molecule has 0 amide bonds. The van der Waals surface area contributed by atoms with Gasteiger partial charge in [0.05, 0.1) is 22.7 Å². The molecule has 2 aromatic rings. The van der Waals surface area contributed by atoms with Crippen LogP contribution in [-0.4, -0.2) is 23.5 Å². The third kappa shape index (κ3) is 6.26. The summed E-state index contributed by atoms with van der Waals surface area (Å²) in [4.78, 5) is 34.1. The second-order valence-corrected chi connectivity index (χ2v) is 4.94. The average molecular weight is 395 g/mol. The van der Waals surface area contributed by atoms with Crippen LogP contribution in [-0.2, 0) is 9.53 Å². The van der Waals surface area contributed by atoms with Crippen molar-refractivity contribution >= 4 is 23.7 Å². The zero-order valence-corrected chi connectivity index (χ0v) is 17.8. The third-order valence-corrected chi connectivity index (χ3v) is 3.19. The largest absolute Gasteiger partial charge is 1.00 e. The predicted molar refractivity (Wildman–Crippen MR) is 89.1 cm³/mol. The van der Waals surface area contributed by atoms with Gasteiger partial charge in [-0.15, -0.1) is 0 Å². The second kappa shape index (κ2) is 10.9. The first-order valence-corrected chi connectivity index (χ1v) is 7.54. The van der Waals surface area contributed by atoms with Crippen molar-refractivity contribution in [2.75, 3.05) is 6.61 Å². The van der Waals surface area contributed by atoms with E-state index in [1.807, 2.05) is 0 Å². The van der Waals surface area contributed by atoms with Gasteiger partial charge >= 0.3 is 69.0 Å². The minimum Gasteiger partial charge on any atom is -0.868 e. The zero-order valence-electron chi connectivity index (χ0n) is 14.7. The van der Waals surface area contributed by atoms with E-state index in [-0.39, 0.29) is 74.9 Å². The van der Waals surface area contributed by atoms with Crippen molar-refractivity contribution in [1.29, 1.82) is 0 Å². The molecule has 9 heteroatoms. The number of nitro benzene ring substituents is 1. The number of carbonyl (C=O) groups excluding carboxylic acids is 2. The summed E-state index contributed by atoms with van der Waals surface area (Å²) in [6.07, 6.45) is 0.774. The maximum Gasteiger partial charge on any atom is 1.00 e. The molecule has 0 saturated carbocycles. The Labute approximate surface area is 197 Å². The molecule has 0 bridgehead atoms. The third-order valence-electron chi connectivity index (χ3n) is 3.19. The Morgan fingerprint density at radius 1 is 1.11 bits per heavy atom. The maximum atomic E-state index is 12.1. The standard InChI is InChI=1S/C18H15NO7.K/c1-2-25-18(22)14(20)11-13-9-6-10-15(16(13)19(23)24)26-17(21)12-7-4-3-5-8-12;/h3-11,20H,2H2,1H3;/q;+1/p-1/b14-11-;. The zero-order chi connectivity index (χ0) is 19.1. The van der Waals surface area contributed by atoms with Crippen LogP contribution >= 0.6 is 0 Å². The molecule has 0 radical (unpaired) electrons. The molecular formula is C18H14KNO7. The van der Waals surface area contributed by atoms with E-state index < -0.39 is 28.3 Å². The molecule has 2 rings (SSSR count). The Bertz CT molecular complexity index is 865. The van der Waals surface area contributed by atoms with E-state index in [2.05, 4.69) is 4.74 Å². The number of hydrogen-bond donors (Lipinski definition) is 0. The van der Waals surface area contributed by atoms with E-state index in [9.17, 15) is 24.8 Å². The van der Waals surface area contributed by atoms with Crippen LogP contribution in [0.2, 0.25) is 0 Å². The normalized spacial score (nSPS) is 10.5. The summed E-state index contributed by atoms with van der Waals surface area (Å²) in [6, 6.07) is 11.8. The molecule has 8 nitrogen and oxygen atoms in total. The van der Waals surface area contributed by atoms with E-state index in [4.69, 9.17) is 4.74 Å². The van der Waals surface area contributed by atoms with E-state index in [0.29, 0.717) is 0 Å².